The summed E-state index contributed by atoms with van der Waals surface area (Å²) in [6.45, 7) is 0. The number of nitrogens with one attached hydrogen (secondary N) is 1. The Morgan fingerprint density at radius 2 is 1.84 bits per heavy atom. The zero-order valence-corrected chi connectivity index (χ0v) is 19.8. The lowest BCUT2D eigenvalue weighted by Gasteiger charge is -2.19. The van der Waals surface area contributed by atoms with E-state index in [1.54, 1.807) is 6.07 Å². The number of amides is 1. The van der Waals surface area contributed by atoms with Gasteiger partial charge in [0.25, 0.3) is 5.91 Å². The van der Waals surface area contributed by atoms with Crippen molar-refractivity contribution in [2.45, 2.75) is 0 Å². The minimum Gasteiger partial charge on any atom is -0.493 e. The number of ether oxygens (including phenoxy) is 2. The van der Waals surface area contributed by atoms with Crippen LogP contribution in [-0.4, -0.2) is 40.5 Å². The molecule has 7 nitrogen and oxygen atoms in total. The normalized spacial score (nSPS) is 14.9. The topological polar surface area (TPSA) is 88.1 Å². The molecule has 0 saturated carbocycles. The second kappa shape index (κ2) is 9.54. The summed E-state index contributed by atoms with van der Waals surface area (Å²) in [6.07, 6.45) is 1.41. The molecule has 0 spiro atoms. The van der Waals surface area contributed by atoms with Crippen LogP contribution in [0.3, 0.4) is 0 Å². The fourth-order valence-electron chi connectivity index (χ4n) is 2.75. The number of halogens is 3. The monoisotopic (exact) mass is 518 g/mol. The van der Waals surface area contributed by atoms with Crippen molar-refractivity contribution in [2.24, 2.45) is 0 Å². The minimum absolute atomic E-state index is 0.0390. The van der Waals surface area contributed by atoms with E-state index in [1.165, 1.54) is 38.5 Å². The van der Waals surface area contributed by atoms with Crippen molar-refractivity contribution in [2.75, 3.05) is 19.6 Å². The second-order valence-electron chi connectivity index (χ2n) is 5.94. The quantitative estimate of drug-likeness (QED) is 0.377. The summed E-state index contributed by atoms with van der Waals surface area (Å²) in [5, 5.41) is 11.5. The lowest BCUT2D eigenvalue weighted by atomic mass is 10.0. The van der Waals surface area contributed by atoms with Gasteiger partial charge in [0.1, 0.15) is 5.56 Å². The van der Waals surface area contributed by atoms with Gasteiger partial charge in [-0.05, 0) is 42.1 Å². The summed E-state index contributed by atoms with van der Waals surface area (Å²) in [5.41, 5.74) is 3.14. The number of thiocarbonyl (C=S) groups is 1. The first-order chi connectivity index (χ1) is 14.7. The highest BCUT2D eigenvalue weighted by Crippen LogP contribution is 2.40. The Balaban J connectivity index is 1.99. The van der Waals surface area contributed by atoms with E-state index in [0.29, 0.717) is 5.02 Å². The fourth-order valence-corrected chi connectivity index (χ4v) is 4.82. The number of carbonyl (C=O) groups is 2. The molecule has 12 heteroatoms. The van der Waals surface area contributed by atoms with Gasteiger partial charge in [0.15, 0.2) is 15.8 Å². The van der Waals surface area contributed by atoms with Gasteiger partial charge in [0.05, 0.1) is 34.9 Å². The van der Waals surface area contributed by atoms with Crippen molar-refractivity contribution in [1.82, 2.24) is 5.01 Å². The van der Waals surface area contributed by atoms with E-state index in [0.717, 1.165) is 16.8 Å². The molecule has 1 aliphatic heterocycles. The second-order valence-corrected chi connectivity index (χ2v) is 8.87. The van der Waals surface area contributed by atoms with E-state index in [4.69, 9.17) is 56.5 Å². The summed E-state index contributed by atoms with van der Waals surface area (Å²) >= 11 is 24.5. The third-order valence-corrected chi connectivity index (χ3v) is 6.22. The molecular weight excluding hydrogens is 507 g/mol. The molecule has 2 aromatic carbocycles. The standard InChI is InChI=1S/C19H13Cl3N2O5S2/c1-28-12-4-3-8(14(18(26)27)16(12)29-2)5-13-17(25)24(19(30)31-13)23-15-10(21)6-9(20)7-11(15)22/h3-7,23H,1-2H3,(H,26,27)/b13-5+. The average Bonchev–Trinajstić information content (AvgIpc) is 2.96. The molecule has 1 amide bonds. The first-order valence-electron chi connectivity index (χ1n) is 8.35. The van der Waals surface area contributed by atoms with E-state index in [-0.39, 0.29) is 47.6 Å². The van der Waals surface area contributed by atoms with Crippen molar-refractivity contribution in [3.8, 4) is 11.5 Å². The molecule has 31 heavy (non-hydrogen) atoms. The van der Waals surface area contributed by atoms with Crippen molar-refractivity contribution < 1.29 is 24.2 Å². The molecule has 0 aliphatic carbocycles. The molecule has 1 fully saturated rings. The van der Waals surface area contributed by atoms with E-state index in [9.17, 15) is 14.7 Å². The van der Waals surface area contributed by atoms with Gasteiger partial charge in [-0.3, -0.25) is 10.2 Å². The molecule has 1 aliphatic rings. The number of carboxylic acids is 1. The van der Waals surface area contributed by atoms with Crippen LogP contribution in [0.4, 0.5) is 5.69 Å². The third-order valence-electron chi connectivity index (χ3n) is 4.10. The highest BCUT2D eigenvalue weighted by atomic mass is 35.5. The van der Waals surface area contributed by atoms with E-state index in [2.05, 4.69) is 5.43 Å². The molecule has 162 valence electrons. The van der Waals surface area contributed by atoms with Gasteiger partial charge in [-0.15, -0.1) is 0 Å². The molecule has 0 aromatic heterocycles. The number of thioether (sulfide) groups is 1. The van der Waals surface area contributed by atoms with Gasteiger partial charge in [-0.25, -0.2) is 9.80 Å². The number of rotatable bonds is 6. The predicted octanol–water partition coefficient (Wildman–Crippen LogP) is 5.59. The SMILES string of the molecule is COc1ccc(/C=C2/SC(=S)N(Nc3c(Cl)cc(Cl)cc3Cl)C2=O)c(C(=O)O)c1OC. The minimum atomic E-state index is -1.24. The van der Waals surface area contributed by atoms with Crippen LogP contribution >= 0.6 is 58.8 Å². The molecule has 0 radical (unpaired) electrons. The Morgan fingerprint density at radius 1 is 1.19 bits per heavy atom. The van der Waals surface area contributed by atoms with Crippen LogP contribution in [0.2, 0.25) is 15.1 Å². The summed E-state index contributed by atoms with van der Waals surface area (Å²) in [5.74, 6) is -1.46. The molecule has 0 atom stereocenters. The van der Waals surface area contributed by atoms with Crippen LogP contribution in [0.25, 0.3) is 6.08 Å². The Morgan fingerprint density at radius 3 is 2.39 bits per heavy atom. The number of nitrogens with zero attached hydrogens (tertiary/aromatic N) is 1. The maximum atomic E-state index is 12.9. The number of benzene rings is 2. The molecule has 2 aromatic rings. The van der Waals surface area contributed by atoms with Crippen molar-refractivity contribution in [1.29, 1.82) is 0 Å². The van der Waals surface area contributed by atoms with Crippen molar-refractivity contribution in [3.05, 3.63) is 55.4 Å². The predicted molar refractivity (Wildman–Crippen MR) is 127 cm³/mol. The Labute approximate surface area is 201 Å². The van der Waals surface area contributed by atoms with Crippen LogP contribution in [0.15, 0.2) is 29.2 Å². The third kappa shape index (κ3) is 4.70. The lowest BCUT2D eigenvalue weighted by Crippen LogP contribution is -2.34. The van der Waals surface area contributed by atoms with Gasteiger partial charge in [0, 0.05) is 5.02 Å². The summed E-state index contributed by atoms with van der Waals surface area (Å²) in [4.78, 5) is 25.0. The van der Waals surface area contributed by atoms with Crippen LogP contribution < -0.4 is 14.9 Å². The molecular formula is C19H13Cl3N2O5S2. The average molecular weight is 520 g/mol. The van der Waals surface area contributed by atoms with Gasteiger partial charge < -0.3 is 14.6 Å². The number of aromatic carboxylic acids is 1. The Hall–Kier alpha value is -2.17. The van der Waals surface area contributed by atoms with E-state index in [1.807, 2.05) is 0 Å². The number of hydrogen-bond acceptors (Lipinski definition) is 7. The number of hydrogen-bond donors (Lipinski definition) is 2. The molecule has 1 saturated heterocycles. The Bertz CT molecular complexity index is 1120. The van der Waals surface area contributed by atoms with Crippen LogP contribution in [-0.2, 0) is 4.79 Å². The van der Waals surface area contributed by atoms with Crippen molar-refractivity contribution >= 4 is 86.7 Å². The molecule has 1 heterocycles. The number of anilines is 1. The summed E-state index contributed by atoms with van der Waals surface area (Å²) in [7, 11) is 2.73. The number of methoxy groups -OCH3 is 2. The molecule has 0 bridgehead atoms. The highest BCUT2D eigenvalue weighted by molar-refractivity contribution is 8.26. The van der Waals surface area contributed by atoms with Crippen LogP contribution in [0, 0.1) is 0 Å². The lowest BCUT2D eigenvalue weighted by molar-refractivity contribution is -0.121. The number of carbonyl (C=O) groups excluding carboxylic acids is 1. The number of hydrazine groups is 1. The summed E-state index contributed by atoms with van der Waals surface area (Å²) < 4.78 is 10.5. The number of carboxylic acid groups (broad SMARTS) is 1. The highest BCUT2D eigenvalue weighted by Gasteiger charge is 2.34. The smallest absolute Gasteiger partial charge is 0.340 e. The van der Waals surface area contributed by atoms with Crippen molar-refractivity contribution in [3.63, 3.8) is 0 Å². The zero-order chi connectivity index (χ0) is 22.9. The molecule has 2 N–H and O–H groups in total. The first-order valence-corrected chi connectivity index (χ1v) is 10.7. The maximum Gasteiger partial charge on any atom is 0.340 e. The van der Waals surface area contributed by atoms with E-state index >= 15 is 0 Å². The van der Waals surface area contributed by atoms with Gasteiger partial charge in [-0.2, -0.15) is 0 Å². The first kappa shape index (κ1) is 23.5. The molecule has 0 unspecified atom stereocenters. The van der Waals surface area contributed by atoms with Crippen LogP contribution in [0.5, 0.6) is 11.5 Å². The maximum absolute atomic E-state index is 12.9. The Kier molecular flexibility index (Phi) is 7.23. The van der Waals surface area contributed by atoms with Gasteiger partial charge in [-0.1, -0.05) is 52.6 Å². The van der Waals surface area contributed by atoms with E-state index < -0.39 is 11.9 Å². The largest absolute Gasteiger partial charge is 0.493 e. The van der Waals surface area contributed by atoms with Gasteiger partial charge >= 0.3 is 5.97 Å². The van der Waals surface area contributed by atoms with Gasteiger partial charge in [0.2, 0.25) is 0 Å². The zero-order valence-electron chi connectivity index (χ0n) is 15.9. The summed E-state index contributed by atoms with van der Waals surface area (Å²) in [6, 6.07) is 5.99. The fraction of sp³-hybridized carbons (Fsp3) is 0.105. The molecule has 3 rings (SSSR count). The van der Waals surface area contributed by atoms with Crippen LogP contribution in [0.1, 0.15) is 15.9 Å².